The smallest absolute Gasteiger partial charge is 0.264 e. The molecule has 0 saturated carbocycles. The number of ether oxygens (including phenoxy) is 1. The highest BCUT2D eigenvalue weighted by Crippen LogP contribution is 2.57. The number of rotatable bonds is 8. The largest absolute Gasteiger partial charge is 0.396 e. The molecule has 4 rings (SSSR count). The molecule has 2 aliphatic heterocycles. The molecule has 172 valence electrons. The number of aliphatic hydroxyl groups is 2. The van der Waals surface area contributed by atoms with E-state index in [-0.39, 0.29) is 30.5 Å². The van der Waals surface area contributed by atoms with E-state index in [1.54, 1.807) is 29.5 Å². The fraction of sp³-hybridized carbons (Fsp3) is 0.542. The van der Waals surface area contributed by atoms with Crippen LogP contribution in [0.25, 0.3) is 0 Å². The summed E-state index contributed by atoms with van der Waals surface area (Å²) in [5, 5.41) is 28.4. The molecule has 1 aromatic carbocycles. The Bertz CT molecular complexity index is 998. The Hall–Kier alpha value is -2.55. The SMILES string of the molecule is C=CCN1C(=O)[C@]2(O[C@H](CCn3cc(CCO)nn3)[C@@H](C(C)(C)O)[C@@H]2C)c2ccccc21. The van der Waals surface area contributed by atoms with Crippen molar-refractivity contribution in [3.8, 4) is 0 Å². The van der Waals surface area contributed by atoms with Gasteiger partial charge in [-0.2, -0.15) is 0 Å². The highest BCUT2D eigenvalue weighted by atomic mass is 16.5. The van der Waals surface area contributed by atoms with Gasteiger partial charge in [-0.25, -0.2) is 0 Å². The van der Waals surface area contributed by atoms with E-state index in [2.05, 4.69) is 16.9 Å². The number of aromatic nitrogens is 3. The number of carbonyl (C=O) groups excluding carboxylic acids is 1. The van der Waals surface area contributed by atoms with Crippen LogP contribution in [0.15, 0.2) is 43.1 Å². The van der Waals surface area contributed by atoms with E-state index in [9.17, 15) is 9.90 Å². The Kier molecular flexibility index (Phi) is 5.96. The lowest BCUT2D eigenvalue weighted by atomic mass is 9.71. The van der Waals surface area contributed by atoms with Crippen LogP contribution >= 0.6 is 0 Å². The fourth-order valence-corrected chi connectivity index (χ4v) is 5.55. The lowest BCUT2D eigenvalue weighted by Gasteiger charge is -2.34. The van der Waals surface area contributed by atoms with E-state index in [1.807, 2.05) is 37.4 Å². The molecule has 32 heavy (non-hydrogen) atoms. The molecule has 0 bridgehead atoms. The molecule has 8 nitrogen and oxygen atoms in total. The van der Waals surface area contributed by atoms with Gasteiger partial charge in [0, 0.05) is 49.7 Å². The highest BCUT2D eigenvalue weighted by molar-refractivity contribution is 6.07. The van der Waals surface area contributed by atoms with Crippen molar-refractivity contribution >= 4 is 11.6 Å². The second-order valence-electron chi connectivity index (χ2n) is 9.32. The number of hydrogen-bond donors (Lipinski definition) is 2. The molecule has 2 N–H and O–H groups in total. The molecule has 0 unspecified atom stereocenters. The van der Waals surface area contributed by atoms with Gasteiger partial charge in [-0.05, 0) is 26.3 Å². The minimum Gasteiger partial charge on any atom is -0.396 e. The lowest BCUT2D eigenvalue weighted by molar-refractivity contribution is -0.146. The van der Waals surface area contributed by atoms with Gasteiger partial charge < -0.3 is 19.8 Å². The van der Waals surface area contributed by atoms with Crippen molar-refractivity contribution in [3.05, 3.63) is 54.4 Å². The van der Waals surface area contributed by atoms with Crippen molar-refractivity contribution in [2.75, 3.05) is 18.1 Å². The first kappa shape index (κ1) is 22.6. The Balaban J connectivity index is 1.67. The third-order valence-corrected chi connectivity index (χ3v) is 6.80. The van der Waals surface area contributed by atoms with Gasteiger partial charge in [0.1, 0.15) is 0 Å². The zero-order valence-corrected chi connectivity index (χ0v) is 18.9. The molecule has 2 aliphatic rings. The van der Waals surface area contributed by atoms with Crippen LogP contribution in [-0.4, -0.2) is 56.0 Å². The molecule has 4 atom stereocenters. The summed E-state index contributed by atoms with van der Waals surface area (Å²) < 4.78 is 8.39. The number of anilines is 1. The van der Waals surface area contributed by atoms with Crippen molar-refractivity contribution in [2.24, 2.45) is 11.8 Å². The van der Waals surface area contributed by atoms with Crippen LogP contribution in [0.5, 0.6) is 0 Å². The van der Waals surface area contributed by atoms with E-state index >= 15 is 0 Å². The summed E-state index contributed by atoms with van der Waals surface area (Å²) >= 11 is 0. The maximum Gasteiger partial charge on any atom is 0.264 e. The van der Waals surface area contributed by atoms with Gasteiger partial charge in [0.15, 0.2) is 5.60 Å². The van der Waals surface area contributed by atoms with Crippen LogP contribution in [-0.2, 0) is 28.1 Å². The number of aryl methyl sites for hydroxylation is 1. The monoisotopic (exact) mass is 440 g/mol. The Morgan fingerprint density at radius 2 is 2.09 bits per heavy atom. The molecule has 1 aromatic heterocycles. The molecule has 1 fully saturated rings. The quantitative estimate of drug-likeness (QED) is 0.610. The number of fused-ring (bicyclic) bond motifs is 2. The van der Waals surface area contributed by atoms with Gasteiger partial charge in [-0.15, -0.1) is 11.7 Å². The van der Waals surface area contributed by atoms with Crippen LogP contribution in [0.3, 0.4) is 0 Å². The van der Waals surface area contributed by atoms with Crippen molar-refractivity contribution in [3.63, 3.8) is 0 Å². The molecule has 3 heterocycles. The topological polar surface area (TPSA) is 101 Å². The molecule has 0 radical (unpaired) electrons. The summed E-state index contributed by atoms with van der Waals surface area (Å²) in [6.45, 7) is 10.3. The first-order valence-corrected chi connectivity index (χ1v) is 11.2. The van der Waals surface area contributed by atoms with Crippen LogP contribution in [0.4, 0.5) is 5.69 Å². The number of carbonyl (C=O) groups is 1. The molecule has 0 aliphatic carbocycles. The van der Waals surface area contributed by atoms with Crippen molar-refractivity contribution in [1.82, 2.24) is 15.0 Å². The van der Waals surface area contributed by atoms with Crippen LogP contribution in [0.1, 0.15) is 38.4 Å². The molecular formula is C24H32N4O4. The Morgan fingerprint density at radius 1 is 1.34 bits per heavy atom. The lowest BCUT2D eigenvalue weighted by Crippen LogP contribution is -2.46. The highest BCUT2D eigenvalue weighted by Gasteiger charge is 2.65. The average Bonchev–Trinajstić information content (AvgIpc) is 3.38. The third kappa shape index (κ3) is 3.56. The number of aliphatic hydroxyl groups excluding tert-OH is 1. The number of para-hydroxylation sites is 1. The summed E-state index contributed by atoms with van der Waals surface area (Å²) in [7, 11) is 0. The van der Waals surface area contributed by atoms with Crippen molar-refractivity contribution in [1.29, 1.82) is 0 Å². The van der Waals surface area contributed by atoms with E-state index < -0.39 is 11.2 Å². The average molecular weight is 441 g/mol. The summed E-state index contributed by atoms with van der Waals surface area (Å²) in [5.74, 6) is -0.603. The summed E-state index contributed by atoms with van der Waals surface area (Å²) in [4.78, 5) is 15.5. The van der Waals surface area contributed by atoms with E-state index in [4.69, 9.17) is 9.84 Å². The number of benzene rings is 1. The van der Waals surface area contributed by atoms with Gasteiger partial charge in [0.2, 0.25) is 0 Å². The second-order valence-corrected chi connectivity index (χ2v) is 9.32. The summed E-state index contributed by atoms with van der Waals surface area (Å²) in [5.41, 5.74) is 0.230. The van der Waals surface area contributed by atoms with Gasteiger partial charge in [-0.3, -0.25) is 9.48 Å². The van der Waals surface area contributed by atoms with Crippen LogP contribution < -0.4 is 4.90 Å². The molecular weight excluding hydrogens is 408 g/mol. The normalized spacial score (nSPS) is 27.3. The standard InChI is InChI=1S/C24H32N4O4/c1-5-12-28-19-9-7-6-8-18(19)24(22(28)30)16(2)21(23(3,4)31)20(32-24)10-13-27-15-17(11-14-29)25-26-27/h5-9,15-16,20-21,29,31H,1,10-14H2,2-4H3/t16-,20+,21-,24+/m0/s1. The Labute approximate surface area is 188 Å². The summed E-state index contributed by atoms with van der Waals surface area (Å²) in [6.07, 6.45) is 4.20. The molecule has 1 saturated heterocycles. The van der Waals surface area contributed by atoms with E-state index in [0.29, 0.717) is 25.9 Å². The molecule has 1 amide bonds. The van der Waals surface area contributed by atoms with Crippen molar-refractivity contribution in [2.45, 2.75) is 57.5 Å². The van der Waals surface area contributed by atoms with Crippen molar-refractivity contribution < 1.29 is 19.7 Å². The fourth-order valence-electron chi connectivity index (χ4n) is 5.55. The van der Waals surface area contributed by atoms with Gasteiger partial charge >= 0.3 is 0 Å². The maximum atomic E-state index is 13.8. The minimum atomic E-state index is -1.14. The van der Waals surface area contributed by atoms with Crippen LogP contribution in [0.2, 0.25) is 0 Å². The minimum absolute atomic E-state index is 0.0218. The number of amides is 1. The predicted octanol–water partition coefficient (Wildman–Crippen LogP) is 2.05. The Morgan fingerprint density at radius 3 is 2.78 bits per heavy atom. The van der Waals surface area contributed by atoms with Gasteiger partial charge in [0.25, 0.3) is 5.91 Å². The second kappa shape index (κ2) is 8.42. The predicted molar refractivity (Wildman–Crippen MR) is 120 cm³/mol. The number of nitrogens with zero attached hydrogens (tertiary/aromatic N) is 4. The zero-order valence-electron chi connectivity index (χ0n) is 18.9. The first-order chi connectivity index (χ1) is 15.2. The van der Waals surface area contributed by atoms with E-state index in [1.165, 1.54) is 0 Å². The summed E-state index contributed by atoms with van der Waals surface area (Å²) in [6, 6.07) is 7.73. The van der Waals surface area contributed by atoms with Gasteiger partial charge in [0.05, 0.1) is 23.1 Å². The van der Waals surface area contributed by atoms with Gasteiger partial charge in [-0.1, -0.05) is 36.4 Å². The molecule has 2 aromatic rings. The van der Waals surface area contributed by atoms with E-state index in [0.717, 1.165) is 16.9 Å². The molecule has 1 spiro atoms. The third-order valence-electron chi connectivity index (χ3n) is 6.80. The number of hydrogen-bond acceptors (Lipinski definition) is 6. The maximum absolute atomic E-state index is 13.8. The zero-order chi connectivity index (χ0) is 23.1. The molecule has 8 heteroatoms. The van der Waals surface area contributed by atoms with Crippen LogP contribution in [0, 0.1) is 11.8 Å². The first-order valence-electron chi connectivity index (χ1n) is 11.2.